The summed E-state index contributed by atoms with van der Waals surface area (Å²) in [4.78, 5) is 0. The van der Waals surface area contributed by atoms with Gasteiger partial charge in [-0.15, -0.1) is 0 Å². The average molecular weight is 193 g/mol. The van der Waals surface area contributed by atoms with Gasteiger partial charge in [0.05, 0.1) is 0 Å². The van der Waals surface area contributed by atoms with Gasteiger partial charge in [-0.2, -0.15) is 0 Å². The highest BCUT2D eigenvalue weighted by Gasteiger charge is 2.24. The van der Waals surface area contributed by atoms with E-state index in [1.807, 2.05) is 18.2 Å². The summed E-state index contributed by atoms with van der Waals surface area (Å²) < 4.78 is 0. The van der Waals surface area contributed by atoms with Gasteiger partial charge in [0.2, 0.25) is 0 Å². The summed E-state index contributed by atoms with van der Waals surface area (Å²) in [5.74, 6) is 0. The van der Waals surface area contributed by atoms with Gasteiger partial charge in [-0.3, -0.25) is 0 Å². The molecule has 0 amide bonds. The quantitative estimate of drug-likeness (QED) is 0.747. The molecule has 2 nitrogen and oxygen atoms in total. The smallest absolute Gasteiger partial charge is 0.0439 e. The predicted octanol–water partition coefficient (Wildman–Crippen LogP) is 1.68. The Kier molecular flexibility index (Phi) is 4.11. The molecule has 0 heterocycles. The number of hydrogen-bond donors (Lipinski definition) is 2. The van der Waals surface area contributed by atoms with Gasteiger partial charge in [-0.25, -0.2) is 0 Å². The highest BCUT2D eigenvalue weighted by Crippen LogP contribution is 2.30. The summed E-state index contributed by atoms with van der Waals surface area (Å²) in [7, 11) is 0. The van der Waals surface area contributed by atoms with Crippen LogP contribution in [0.3, 0.4) is 0 Å². The molecular formula is C12H19NO. The standard InChI is InChI=1S/C12H19NO/c1-12(7-9-13,8-10-14)11-5-3-2-4-6-11/h2-6,14H,7-10,13H2,1H3. The van der Waals surface area contributed by atoms with Crippen molar-refractivity contribution in [3.63, 3.8) is 0 Å². The van der Waals surface area contributed by atoms with Crippen molar-refractivity contribution in [1.82, 2.24) is 0 Å². The lowest BCUT2D eigenvalue weighted by molar-refractivity contribution is 0.239. The Hall–Kier alpha value is -0.860. The van der Waals surface area contributed by atoms with Crippen molar-refractivity contribution in [3.05, 3.63) is 35.9 Å². The second-order valence-corrected chi connectivity index (χ2v) is 3.94. The van der Waals surface area contributed by atoms with Crippen molar-refractivity contribution in [2.45, 2.75) is 25.2 Å². The zero-order chi connectivity index (χ0) is 10.4. The Morgan fingerprint density at radius 1 is 1.21 bits per heavy atom. The average Bonchev–Trinajstić information content (AvgIpc) is 2.20. The zero-order valence-electron chi connectivity index (χ0n) is 8.74. The lowest BCUT2D eigenvalue weighted by atomic mass is 9.77. The fourth-order valence-electron chi connectivity index (χ4n) is 1.82. The van der Waals surface area contributed by atoms with Crippen LogP contribution < -0.4 is 5.73 Å². The van der Waals surface area contributed by atoms with Gasteiger partial charge in [0.25, 0.3) is 0 Å². The van der Waals surface area contributed by atoms with Gasteiger partial charge in [0, 0.05) is 6.61 Å². The van der Waals surface area contributed by atoms with Crippen molar-refractivity contribution < 1.29 is 5.11 Å². The minimum atomic E-state index is 0.0186. The second-order valence-electron chi connectivity index (χ2n) is 3.94. The van der Waals surface area contributed by atoms with Crippen LogP contribution in [0.15, 0.2) is 30.3 Å². The molecule has 1 aromatic carbocycles. The minimum absolute atomic E-state index is 0.0186. The van der Waals surface area contributed by atoms with E-state index < -0.39 is 0 Å². The number of nitrogens with two attached hydrogens (primary N) is 1. The van der Waals surface area contributed by atoms with E-state index in [0.717, 1.165) is 12.8 Å². The highest BCUT2D eigenvalue weighted by molar-refractivity contribution is 5.24. The Morgan fingerprint density at radius 3 is 2.36 bits per heavy atom. The Labute approximate surface area is 85.8 Å². The molecule has 0 aliphatic heterocycles. The first-order chi connectivity index (χ1) is 6.73. The topological polar surface area (TPSA) is 46.2 Å². The summed E-state index contributed by atoms with van der Waals surface area (Å²) in [5.41, 5.74) is 6.88. The molecule has 0 fully saturated rings. The largest absolute Gasteiger partial charge is 0.396 e. The second kappa shape index (κ2) is 5.13. The predicted molar refractivity (Wildman–Crippen MR) is 59.2 cm³/mol. The molecule has 0 spiro atoms. The number of aliphatic hydroxyl groups is 1. The van der Waals surface area contributed by atoms with Gasteiger partial charge in [-0.05, 0) is 30.4 Å². The molecule has 1 rings (SSSR count). The molecule has 1 atom stereocenters. The highest BCUT2D eigenvalue weighted by atomic mass is 16.3. The molecule has 0 aromatic heterocycles. The van der Waals surface area contributed by atoms with Crippen LogP contribution in [0.4, 0.5) is 0 Å². The lowest BCUT2D eigenvalue weighted by Gasteiger charge is -2.29. The maximum absolute atomic E-state index is 9.05. The number of rotatable bonds is 5. The number of aliphatic hydroxyl groups excluding tert-OH is 1. The summed E-state index contributed by atoms with van der Waals surface area (Å²) >= 11 is 0. The first kappa shape index (κ1) is 11.2. The van der Waals surface area contributed by atoms with Crippen molar-refractivity contribution in [1.29, 1.82) is 0 Å². The molecule has 78 valence electrons. The van der Waals surface area contributed by atoms with Crippen LogP contribution in [0.5, 0.6) is 0 Å². The molecule has 1 aromatic rings. The normalized spacial score (nSPS) is 15.1. The molecule has 2 heteroatoms. The van der Waals surface area contributed by atoms with Crippen LogP contribution >= 0.6 is 0 Å². The lowest BCUT2D eigenvalue weighted by Crippen LogP contribution is -2.26. The molecule has 14 heavy (non-hydrogen) atoms. The number of hydrogen-bond acceptors (Lipinski definition) is 2. The molecule has 0 bridgehead atoms. The van der Waals surface area contributed by atoms with Gasteiger partial charge in [0.1, 0.15) is 0 Å². The third-order valence-corrected chi connectivity index (χ3v) is 2.83. The molecule has 0 aliphatic rings. The van der Waals surface area contributed by atoms with Crippen LogP contribution in [0.1, 0.15) is 25.3 Å². The van der Waals surface area contributed by atoms with E-state index in [9.17, 15) is 0 Å². The molecule has 0 saturated carbocycles. The van der Waals surface area contributed by atoms with Crippen molar-refractivity contribution in [3.8, 4) is 0 Å². The Morgan fingerprint density at radius 2 is 1.86 bits per heavy atom. The monoisotopic (exact) mass is 193 g/mol. The summed E-state index contributed by atoms with van der Waals surface area (Å²) in [6.45, 7) is 3.03. The van der Waals surface area contributed by atoms with Crippen LogP contribution in [-0.2, 0) is 5.41 Å². The third kappa shape index (κ3) is 2.56. The van der Waals surface area contributed by atoms with Gasteiger partial charge >= 0.3 is 0 Å². The fourth-order valence-corrected chi connectivity index (χ4v) is 1.82. The first-order valence-corrected chi connectivity index (χ1v) is 5.09. The fraction of sp³-hybridized carbons (Fsp3) is 0.500. The van der Waals surface area contributed by atoms with E-state index >= 15 is 0 Å². The van der Waals surface area contributed by atoms with E-state index in [2.05, 4.69) is 19.1 Å². The van der Waals surface area contributed by atoms with Crippen LogP contribution in [0, 0.1) is 0 Å². The number of benzene rings is 1. The van der Waals surface area contributed by atoms with Crippen LogP contribution in [0.25, 0.3) is 0 Å². The molecule has 0 aliphatic carbocycles. The molecule has 1 unspecified atom stereocenters. The van der Waals surface area contributed by atoms with E-state index in [1.54, 1.807) is 0 Å². The van der Waals surface area contributed by atoms with Crippen LogP contribution in [0.2, 0.25) is 0 Å². The molecule has 0 radical (unpaired) electrons. The first-order valence-electron chi connectivity index (χ1n) is 5.09. The maximum atomic E-state index is 9.05. The van der Waals surface area contributed by atoms with Crippen molar-refractivity contribution in [2.24, 2.45) is 5.73 Å². The van der Waals surface area contributed by atoms with Gasteiger partial charge in [0.15, 0.2) is 0 Å². The van der Waals surface area contributed by atoms with Crippen molar-refractivity contribution >= 4 is 0 Å². The van der Waals surface area contributed by atoms with E-state index in [-0.39, 0.29) is 12.0 Å². The van der Waals surface area contributed by atoms with E-state index in [1.165, 1.54) is 5.56 Å². The van der Waals surface area contributed by atoms with Crippen molar-refractivity contribution in [2.75, 3.05) is 13.2 Å². The van der Waals surface area contributed by atoms with Crippen LogP contribution in [-0.4, -0.2) is 18.3 Å². The summed E-state index contributed by atoms with van der Waals surface area (Å²) in [6, 6.07) is 10.3. The summed E-state index contributed by atoms with van der Waals surface area (Å²) in [6.07, 6.45) is 1.69. The van der Waals surface area contributed by atoms with Gasteiger partial charge < -0.3 is 10.8 Å². The Balaban J connectivity index is 2.87. The zero-order valence-corrected chi connectivity index (χ0v) is 8.74. The van der Waals surface area contributed by atoms with Gasteiger partial charge in [-0.1, -0.05) is 37.3 Å². The van der Waals surface area contributed by atoms with E-state index in [4.69, 9.17) is 10.8 Å². The summed E-state index contributed by atoms with van der Waals surface area (Å²) in [5, 5.41) is 9.05. The SMILES string of the molecule is CC(CCN)(CCO)c1ccccc1. The Bertz CT molecular complexity index is 252. The molecular weight excluding hydrogens is 174 g/mol. The van der Waals surface area contributed by atoms with E-state index in [0.29, 0.717) is 6.54 Å². The minimum Gasteiger partial charge on any atom is -0.396 e. The molecule has 3 N–H and O–H groups in total. The maximum Gasteiger partial charge on any atom is 0.0439 e. The third-order valence-electron chi connectivity index (χ3n) is 2.83. The molecule has 0 saturated heterocycles.